The van der Waals surface area contributed by atoms with E-state index in [2.05, 4.69) is 10.3 Å². The molecule has 1 N–H and O–H groups in total. The van der Waals surface area contributed by atoms with Crippen LogP contribution < -0.4 is 10.1 Å². The minimum absolute atomic E-state index is 0.0106. The molecule has 0 aliphatic carbocycles. The lowest BCUT2D eigenvalue weighted by molar-refractivity contribution is -0.123. The number of nitrogens with one attached hydrogen (secondary N) is 1. The fourth-order valence-electron chi connectivity index (χ4n) is 1.25. The van der Waals surface area contributed by atoms with E-state index in [0.717, 1.165) is 6.42 Å². The summed E-state index contributed by atoms with van der Waals surface area (Å²) in [6.45, 7) is 5.24. The van der Waals surface area contributed by atoms with Gasteiger partial charge in [-0.05, 0) is 32.4 Å². The Morgan fingerprint density at radius 3 is 3.00 bits per heavy atom. The Kier molecular flexibility index (Phi) is 6.79. The first-order chi connectivity index (χ1) is 8.68. The minimum atomic E-state index is -0.136. The maximum atomic E-state index is 11.4. The standard InChI is InChI=1S/C13H20N2O3/c1-11(2)17-8-4-7-15-13(16)10-18-12-5-3-6-14-9-12/h3,5-6,9,11H,4,7-8,10H2,1-2H3,(H,15,16). The Balaban J connectivity index is 2.04. The molecule has 1 heterocycles. The van der Waals surface area contributed by atoms with Gasteiger partial charge in [0.05, 0.1) is 12.3 Å². The SMILES string of the molecule is CC(C)OCCCNC(=O)COc1cccnc1. The number of ether oxygens (including phenoxy) is 2. The Hall–Kier alpha value is -1.62. The van der Waals surface area contributed by atoms with E-state index >= 15 is 0 Å². The van der Waals surface area contributed by atoms with Gasteiger partial charge in [-0.1, -0.05) is 0 Å². The number of pyridine rings is 1. The molecule has 100 valence electrons. The smallest absolute Gasteiger partial charge is 0.257 e. The molecule has 0 bridgehead atoms. The number of carbonyl (C=O) groups is 1. The van der Waals surface area contributed by atoms with Crippen LogP contribution in [0.3, 0.4) is 0 Å². The summed E-state index contributed by atoms with van der Waals surface area (Å²) in [4.78, 5) is 15.3. The van der Waals surface area contributed by atoms with Crippen LogP contribution in [-0.2, 0) is 9.53 Å². The average molecular weight is 252 g/mol. The summed E-state index contributed by atoms with van der Waals surface area (Å²) >= 11 is 0. The minimum Gasteiger partial charge on any atom is -0.482 e. The molecule has 0 saturated heterocycles. The molecule has 0 fully saturated rings. The van der Waals surface area contributed by atoms with E-state index in [9.17, 15) is 4.79 Å². The summed E-state index contributed by atoms with van der Waals surface area (Å²) in [7, 11) is 0. The molecule has 0 saturated carbocycles. The van der Waals surface area contributed by atoms with Crippen molar-refractivity contribution in [3.63, 3.8) is 0 Å². The number of aromatic nitrogens is 1. The Labute approximate surface area is 108 Å². The second kappa shape index (κ2) is 8.47. The summed E-state index contributed by atoms with van der Waals surface area (Å²) in [6.07, 6.45) is 4.26. The first kappa shape index (κ1) is 14.4. The van der Waals surface area contributed by atoms with Crippen LogP contribution in [-0.4, -0.2) is 36.8 Å². The van der Waals surface area contributed by atoms with Crippen LogP contribution in [0.5, 0.6) is 5.75 Å². The molecular formula is C13H20N2O3. The van der Waals surface area contributed by atoms with E-state index in [4.69, 9.17) is 9.47 Å². The number of amides is 1. The lowest BCUT2D eigenvalue weighted by Gasteiger charge is -2.09. The van der Waals surface area contributed by atoms with Crippen molar-refractivity contribution in [2.45, 2.75) is 26.4 Å². The summed E-state index contributed by atoms with van der Waals surface area (Å²) in [6, 6.07) is 3.52. The number of carbonyl (C=O) groups excluding carboxylic acids is 1. The van der Waals surface area contributed by atoms with Gasteiger partial charge in [0.2, 0.25) is 0 Å². The van der Waals surface area contributed by atoms with Crippen LogP contribution in [0.1, 0.15) is 20.3 Å². The van der Waals surface area contributed by atoms with Crippen LogP contribution in [0.2, 0.25) is 0 Å². The van der Waals surface area contributed by atoms with Gasteiger partial charge < -0.3 is 14.8 Å². The van der Waals surface area contributed by atoms with E-state index in [1.807, 2.05) is 13.8 Å². The summed E-state index contributed by atoms with van der Waals surface area (Å²) < 4.78 is 10.6. The molecular weight excluding hydrogens is 232 g/mol. The molecule has 5 nitrogen and oxygen atoms in total. The maximum absolute atomic E-state index is 11.4. The summed E-state index contributed by atoms with van der Waals surface area (Å²) in [5.74, 6) is 0.458. The number of hydrogen-bond donors (Lipinski definition) is 1. The average Bonchev–Trinajstić information content (AvgIpc) is 2.37. The molecule has 1 aromatic heterocycles. The van der Waals surface area contributed by atoms with E-state index < -0.39 is 0 Å². The highest BCUT2D eigenvalue weighted by Gasteiger charge is 2.02. The number of rotatable bonds is 8. The van der Waals surface area contributed by atoms with Gasteiger partial charge in [-0.3, -0.25) is 9.78 Å². The van der Waals surface area contributed by atoms with E-state index in [1.165, 1.54) is 0 Å². The first-order valence-corrected chi connectivity index (χ1v) is 6.09. The van der Waals surface area contributed by atoms with Crippen molar-refractivity contribution in [2.75, 3.05) is 19.8 Å². The number of hydrogen-bond acceptors (Lipinski definition) is 4. The van der Waals surface area contributed by atoms with Crippen LogP contribution in [0.4, 0.5) is 0 Å². The van der Waals surface area contributed by atoms with Gasteiger partial charge in [0.25, 0.3) is 5.91 Å². The fourth-order valence-corrected chi connectivity index (χ4v) is 1.25. The van der Waals surface area contributed by atoms with E-state index in [-0.39, 0.29) is 18.6 Å². The molecule has 0 atom stereocenters. The monoisotopic (exact) mass is 252 g/mol. The Morgan fingerprint density at radius 2 is 2.33 bits per heavy atom. The third kappa shape index (κ3) is 6.85. The third-order valence-electron chi connectivity index (χ3n) is 2.10. The second-order valence-electron chi connectivity index (χ2n) is 4.10. The normalized spacial score (nSPS) is 10.4. The Morgan fingerprint density at radius 1 is 1.50 bits per heavy atom. The van der Waals surface area contributed by atoms with Gasteiger partial charge in [0.15, 0.2) is 6.61 Å². The zero-order valence-corrected chi connectivity index (χ0v) is 10.9. The van der Waals surface area contributed by atoms with Gasteiger partial charge in [0.1, 0.15) is 5.75 Å². The zero-order valence-electron chi connectivity index (χ0n) is 10.9. The predicted octanol–water partition coefficient (Wildman–Crippen LogP) is 1.39. The highest BCUT2D eigenvalue weighted by atomic mass is 16.5. The second-order valence-corrected chi connectivity index (χ2v) is 4.10. The van der Waals surface area contributed by atoms with Gasteiger partial charge in [-0.15, -0.1) is 0 Å². The molecule has 0 unspecified atom stereocenters. The largest absolute Gasteiger partial charge is 0.482 e. The van der Waals surface area contributed by atoms with Gasteiger partial charge in [-0.25, -0.2) is 0 Å². The van der Waals surface area contributed by atoms with Gasteiger partial charge in [-0.2, -0.15) is 0 Å². The molecule has 0 aliphatic heterocycles. The van der Waals surface area contributed by atoms with Gasteiger partial charge in [0, 0.05) is 19.3 Å². The van der Waals surface area contributed by atoms with Gasteiger partial charge >= 0.3 is 0 Å². The molecule has 1 amide bonds. The molecule has 0 spiro atoms. The summed E-state index contributed by atoms with van der Waals surface area (Å²) in [5.41, 5.74) is 0. The molecule has 18 heavy (non-hydrogen) atoms. The molecule has 0 aromatic carbocycles. The van der Waals surface area contributed by atoms with Crippen LogP contribution >= 0.6 is 0 Å². The molecule has 0 radical (unpaired) electrons. The molecule has 1 rings (SSSR count). The fraction of sp³-hybridized carbons (Fsp3) is 0.538. The maximum Gasteiger partial charge on any atom is 0.257 e. The van der Waals surface area contributed by atoms with Crippen molar-refractivity contribution in [3.8, 4) is 5.75 Å². The lowest BCUT2D eigenvalue weighted by atomic mass is 10.4. The van der Waals surface area contributed by atoms with Crippen molar-refractivity contribution in [1.82, 2.24) is 10.3 Å². The predicted molar refractivity (Wildman–Crippen MR) is 68.4 cm³/mol. The van der Waals surface area contributed by atoms with Crippen LogP contribution in [0, 0.1) is 0 Å². The molecule has 1 aromatic rings. The van der Waals surface area contributed by atoms with E-state index in [0.29, 0.717) is 18.9 Å². The van der Waals surface area contributed by atoms with Crippen LogP contribution in [0.15, 0.2) is 24.5 Å². The van der Waals surface area contributed by atoms with E-state index in [1.54, 1.807) is 24.5 Å². The van der Waals surface area contributed by atoms with Crippen molar-refractivity contribution in [3.05, 3.63) is 24.5 Å². The third-order valence-corrected chi connectivity index (χ3v) is 2.10. The highest BCUT2D eigenvalue weighted by molar-refractivity contribution is 5.77. The molecule has 5 heteroatoms. The van der Waals surface area contributed by atoms with Crippen molar-refractivity contribution >= 4 is 5.91 Å². The summed E-state index contributed by atoms with van der Waals surface area (Å²) in [5, 5.41) is 2.76. The Bertz CT molecular complexity index is 341. The van der Waals surface area contributed by atoms with Crippen molar-refractivity contribution < 1.29 is 14.3 Å². The first-order valence-electron chi connectivity index (χ1n) is 6.09. The van der Waals surface area contributed by atoms with Crippen molar-refractivity contribution in [1.29, 1.82) is 0 Å². The highest BCUT2D eigenvalue weighted by Crippen LogP contribution is 2.05. The zero-order chi connectivity index (χ0) is 13.2. The van der Waals surface area contributed by atoms with Crippen LogP contribution in [0.25, 0.3) is 0 Å². The number of nitrogens with zero attached hydrogens (tertiary/aromatic N) is 1. The topological polar surface area (TPSA) is 60.5 Å². The quantitative estimate of drug-likeness (QED) is 0.710. The lowest BCUT2D eigenvalue weighted by Crippen LogP contribution is -2.30. The molecule has 0 aliphatic rings. The van der Waals surface area contributed by atoms with Crippen molar-refractivity contribution in [2.24, 2.45) is 0 Å².